The number of aldehydes is 1. The van der Waals surface area contributed by atoms with Crippen LogP contribution in [0.5, 0.6) is 0 Å². The van der Waals surface area contributed by atoms with Crippen molar-refractivity contribution in [2.45, 2.75) is 26.2 Å². The predicted octanol–water partition coefficient (Wildman–Crippen LogP) is 2.75. The van der Waals surface area contributed by atoms with Crippen LogP contribution in [0.2, 0.25) is 0 Å². The van der Waals surface area contributed by atoms with E-state index in [0.29, 0.717) is 12.3 Å². The summed E-state index contributed by atoms with van der Waals surface area (Å²) in [5.74, 6) is 0.318. The summed E-state index contributed by atoms with van der Waals surface area (Å²) < 4.78 is 0. The molecule has 1 aromatic rings. The molecule has 0 fully saturated rings. The molecule has 1 atom stereocenters. The molecule has 2 heteroatoms. The van der Waals surface area contributed by atoms with Gasteiger partial charge in [-0.1, -0.05) is 13.0 Å². The Morgan fingerprint density at radius 2 is 2.07 bits per heavy atom. The molecule has 0 saturated carbocycles. The van der Waals surface area contributed by atoms with Gasteiger partial charge in [0.1, 0.15) is 6.29 Å². The van der Waals surface area contributed by atoms with Crippen LogP contribution in [-0.2, 0) is 4.79 Å². The summed E-state index contributed by atoms with van der Waals surface area (Å²) in [5.41, 5.74) is 3.73. The van der Waals surface area contributed by atoms with E-state index in [2.05, 4.69) is 36.9 Å². The van der Waals surface area contributed by atoms with Crippen LogP contribution in [0.1, 0.15) is 30.4 Å². The molecule has 0 aromatic heterocycles. The van der Waals surface area contributed by atoms with E-state index in [4.69, 9.17) is 0 Å². The van der Waals surface area contributed by atoms with Gasteiger partial charge in [-0.15, -0.1) is 0 Å². The average molecular weight is 205 g/mol. The summed E-state index contributed by atoms with van der Waals surface area (Å²) in [6.45, 7) is 4.19. The number of nitrogens with zero attached hydrogens (tertiary/aromatic N) is 1. The largest absolute Gasteiger partial charge is 0.378 e. The Kier molecular flexibility index (Phi) is 3.89. The molecular weight excluding hydrogens is 186 g/mol. The van der Waals surface area contributed by atoms with Gasteiger partial charge in [-0.3, -0.25) is 0 Å². The van der Waals surface area contributed by atoms with Gasteiger partial charge in [0.05, 0.1) is 0 Å². The molecule has 0 aliphatic rings. The monoisotopic (exact) mass is 205 g/mol. The molecule has 0 spiro atoms. The molecule has 0 aliphatic carbocycles. The number of hydrogen-bond acceptors (Lipinski definition) is 2. The summed E-state index contributed by atoms with van der Waals surface area (Å²) in [7, 11) is 4.06. The first-order valence-electron chi connectivity index (χ1n) is 5.27. The Morgan fingerprint density at radius 1 is 1.40 bits per heavy atom. The van der Waals surface area contributed by atoms with Crippen molar-refractivity contribution in [3.05, 3.63) is 29.3 Å². The molecular formula is C13H19NO. The molecule has 1 aromatic carbocycles. The molecule has 1 rings (SSSR count). The third-order valence-corrected chi connectivity index (χ3v) is 2.75. The first-order chi connectivity index (χ1) is 7.06. The van der Waals surface area contributed by atoms with Crippen LogP contribution in [0.4, 0.5) is 5.69 Å². The van der Waals surface area contributed by atoms with Gasteiger partial charge in [0.2, 0.25) is 0 Å². The van der Waals surface area contributed by atoms with Crippen LogP contribution in [0.15, 0.2) is 18.2 Å². The van der Waals surface area contributed by atoms with Gasteiger partial charge >= 0.3 is 0 Å². The first-order valence-corrected chi connectivity index (χ1v) is 5.27. The molecule has 0 radical (unpaired) electrons. The molecule has 0 heterocycles. The van der Waals surface area contributed by atoms with Gasteiger partial charge in [0.25, 0.3) is 0 Å². The number of rotatable bonds is 4. The number of carbonyl (C=O) groups excluding carboxylic acids is 1. The molecule has 82 valence electrons. The van der Waals surface area contributed by atoms with Crippen molar-refractivity contribution in [1.29, 1.82) is 0 Å². The second kappa shape index (κ2) is 4.96. The van der Waals surface area contributed by atoms with Crippen LogP contribution in [0.25, 0.3) is 0 Å². The summed E-state index contributed by atoms with van der Waals surface area (Å²) in [6, 6.07) is 6.39. The number of benzene rings is 1. The van der Waals surface area contributed by atoms with Crippen LogP contribution in [-0.4, -0.2) is 20.4 Å². The van der Waals surface area contributed by atoms with E-state index in [-0.39, 0.29) is 0 Å². The molecule has 0 bridgehead atoms. The first kappa shape index (κ1) is 11.8. The van der Waals surface area contributed by atoms with E-state index in [1.54, 1.807) is 0 Å². The molecule has 0 N–H and O–H groups in total. The molecule has 0 saturated heterocycles. The molecule has 15 heavy (non-hydrogen) atoms. The smallest absolute Gasteiger partial charge is 0.120 e. The van der Waals surface area contributed by atoms with Crippen LogP contribution < -0.4 is 4.90 Å². The van der Waals surface area contributed by atoms with Crippen LogP contribution in [0.3, 0.4) is 0 Å². The number of hydrogen-bond donors (Lipinski definition) is 0. The van der Waals surface area contributed by atoms with Crippen molar-refractivity contribution < 1.29 is 4.79 Å². The lowest BCUT2D eigenvalue weighted by Gasteiger charge is -2.17. The second-order valence-electron chi connectivity index (χ2n) is 4.24. The minimum Gasteiger partial charge on any atom is -0.378 e. The van der Waals surface area contributed by atoms with Crippen LogP contribution in [0, 0.1) is 6.92 Å². The lowest BCUT2D eigenvalue weighted by atomic mass is 9.94. The Balaban J connectivity index is 2.97. The average Bonchev–Trinajstić information content (AvgIpc) is 2.17. The van der Waals surface area contributed by atoms with Crippen molar-refractivity contribution >= 4 is 12.0 Å². The zero-order valence-corrected chi connectivity index (χ0v) is 9.95. The normalized spacial score (nSPS) is 12.3. The fraction of sp³-hybridized carbons (Fsp3) is 0.462. The fourth-order valence-corrected chi connectivity index (χ4v) is 1.76. The van der Waals surface area contributed by atoms with Crippen molar-refractivity contribution in [2.75, 3.05) is 19.0 Å². The fourth-order valence-electron chi connectivity index (χ4n) is 1.76. The zero-order valence-electron chi connectivity index (χ0n) is 9.95. The van der Waals surface area contributed by atoms with Gasteiger partial charge in [0.15, 0.2) is 0 Å². The summed E-state index contributed by atoms with van der Waals surface area (Å²) in [6.07, 6.45) is 1.59. The van der Waals surface area contributed by atoms with E-state index >= 15 is 0 Å². The SMILES string of the molecule is Cc1cc(N(C)C)ccc1[C@H](C)CC=O. The summed E-state index contributed by atoms with van der Waals surface area (Å²) >= 11 is 0. The predicted molar refractivity (Wildman–Crippen MR) is 64.6 cm³/mol. The molecule has 2 nitrogen and oxygen atoms in total. The van der Waals surface area contributed by atoms with Gasteiger partial charge < -0.3 is 9.69 Å². The standard InChI is InChI=1S/C13H19NO/c1-10(7-8-15)13-6-5-12(14(3)4)9-11(13)2/h5-6,8-10H,7H2,1-4H3/t10-/m1/s1. The highest BCUT2D eigenvalue weighted by atomic mass is 16.1. The third kappa shape index (κ3) is 2.82. The Bertz CT molecular complexity index is 344. The lowest BCUT2D eigenvalue weighted by Crippen LogP contribution is -2.09. The maximum Gasteiger partial charge on any atom is 0.120 e. The molecule has 0 amide bonds. The molecule has 0 aliphatic heterocycles. The minimum absolute atomic E-state index is 0.318. The number of aryl methyl sites for hydroxylation is 1. The Morgan fingerprint density at radius 3 is 2.53 bits per heavy atom. The van der Waals surface area contributed by atoms with Gasteiger partial charge in [-0.2, -0.15) is 0 Å². The highest BCUT2D eigenvalue weighted by molar-refractivity contribution is 5.54. The topological polar surface area (TPSA) is 20.3 Å². The minimum atomic E-state index is 0.318. The van der Waals surface area contributed by atoms with Crippen molar-refractivity contribution in [2.24, 2.45) is 0 Å². The zero-order chi connectivity index (χ0) is 11.4. The van der Waals surface area contributed by atoms with E-state index in [0.717, 1.165) is 6.29 Å². The third-order valence-electron chi connectivity index (χ3n) is 2.75. The van der Waals surface area contributed by atoms with Crippen molar-refractivity contribution in [3.63, 3.8) is 0 Å². The van der Waals surface area contributed by atoms with Gasteiger partial charge in [-0.25, -0.2) is 0 Å². The Labute approximate surface area is 91.9 Å². The number of carbonyl (C=O) groups is 1. The quantitative estimate of drug-likeness (QED) is 0.704. The van der Waals surface area contributed by atoms with Crippen LogP contribution >= 0.6 is 0 Å². The Hall–Kier alpha value is -1.31. The summed E-state index contributed by atoms with van der Waals surface area (Å²) in [5, 5.41) is 0. The number of anilines is 1. The van der Waals surface area contributed by atoms with Crippen molar-refractivity contribution in [1.82, 2.24) is 0 Å². The van der Waals surface area contributed by atoms with E-state index in [1.165, 1.54) is 16.8 Å². The van der Waals surface area contributed by atoms with E-state index < -0.39 is 0 Å². The summed E-state index contributed by atoms with van der Waals surface area (Å²) in [4.78, 5) is 12.6. The van der Waals surface area contributed by atoms with E-state index in [1.807, 2.05) is 14.1 Å². The van der Waals surface area contributed by atoms with Crippen molar-refractivity contribution in [3.8, 4) is 0 Å². The highest BCUT2D eigenvalue weighted by Crippen LogP contribution is 2.25. The van der Waals surface area contributed by atoms with Gasteiger partial charge in [0, 0.05) is 26.2 Å². The second-order valence-corrected chi connectivity index (χ2v) is 4.24. The molecule has 0 unspecified atom stereocenters. The lowest BCUT2D eigenvalue weighted by molar-refractivity contribution is -0.108. The highest BCUT2D eigenvalue weighted by Gasteiger charge is 2.08. The van der Waals surface area contributed by atoms with E-state index in [9.17, 15) is 4.79 Å². The maximum absolute atomic E-state index is 10.5. The van der Waals surface area contributed by atoms with Gasteiger partial charge in [-0.05, 0) is 36.1 Å². The maximum atomic E-state index is 10.5.